The normalized spacial score (nSPS) is 24.8. The van der Waals surface area contributed by atoms with Gasteiger partial charge >= 0.3 is 5.97 Å². The van der Waals surface area contributed by atoms with Gasteiger partial charge in [0.05, 0.1) is 26.1 Å². The average Bonchev–Trinajstić information content (AvgIpc) is 3.57. The van der Waals surface area contributed by atoms with E-state index in [0.717, 1.165) is 23.1 Å². The maximum atomic E-state index is 13.8. The predicted molar refractivity (Wildman–Crippen MR) is 206 cm³/mol. The first kappa shape index (κ1) is 37.1. The van der Waals surface area contributed by atoms with Crippen molar-refractivity contribution in [2.45, 2.75) is 70.3 Å². The molecule has 3 heterocycles. The van der Waals surface area contributed by atoms with Crippen LogP contribution < -0.4 is 10.1 Å². The predicted octanol–water partition coefficient (Wildman–Crippen LogP) is 7.82. The van der Waals surface area contributed by atoms with Gasteiger partial charge in [0.15, 0.2) is 11.5 Å². The van der Waals surface area contributed by atoms with Gasteiger partial charge in [-0.05, 0) is 101 Å². The van der Waals surface area contributed by atoms with Crippen LogP contribution in [0.1, 0.15) is 80.9 Å². The van der Waals surface area contributed by atoms with E-state index in [2.05, 4.69) is 53.4 Å². The number of nitrogens with one attached hydrogen (secondary N) is 1. The van der Waals surface area contributed by atoms with E-state index in [9.17, 15) is 19.8 Å². The molecule has 3 N–H and O–H groups in total. The number of methoxy groups -OCH3 is 1. The first-order chi connectivity index (χ1) is 25.6. The second kappa shape index (κ2) is 16.8. The van der Waals surface area contributed by atoms with Crippen LogP contribution in [0.15, 0.2) is 101 Å². The number of carbonyl (C=O) groups excluding carboxylic acids is 2. The molecular weight excluding hydrogens is 666 g/mol. The molecule has 53 heavy (non-hydrogen) atoms. The Morgan fingerprint density at radius 2 is 1.87 bits per heavy atom. The summed E-state index contributed by atoms with van der Waals surface area (Å²) < 4.78 is 11.2. The maximum Gasteiger partial charge on any atom is 0.302 e. The standard InChI is InChI=1S/C44H47N3O6/c1-29-8-4-5-16-44(29)17-14-39(53-30(2)48)25-38(50)20-31(32-12-13-41(51)42(23-32)52-3)10-7-18-46-43-24-34(15-19-47-43)40(33-9-6-11-37(49)21-33)22-35-27-45-28-36(35)26-44/h4-6,8-9,11-13,15-16,19,21,23-24,28-29,31,39-40,49,51H,14,17-18,20,22,25-27H2,1-3H3,(H,46,47). The number of allylic oxidation sites excluding steroid dienone is 5. The van der Waals surface area contributed by atoms with Crippen molar-refractivity contribution in [1.29, 1.82) is 0 Å². The van der Waals surface area contributed by atoms with E-state index in [-0.39, 0.29) is 53.9 Å². The first-order valence-corrected chi connectivity index (χ1v) is 18.2. The van der Waals surface area contributed by atoms with Gasteiger partial charge in [0.25, 0.3) is 0 Å². The molecule has 5 unspecified atom stereocenters. The van der Waals surface area contributed by atoms with Crippen molar-refractivity contribution in [2.75, 3.05) is 25.5 Å². The molecule has 2 bridgehead atoms. The van der Waals surface area contributed by atoms with Crippen LogP contribution in [0, 0.1) is 23.2 Å². The Balaban J connectivity index is 1.42. The van der Waals surface area contributed by atoms with Crippen LogP contribution >= 0.6 is 0 Å². The number of hydrogen-bond acceptors (Lipinski definition) is 9. The Morgan fingerprint density at radius 3 is 2.66 bits per heavy atom. The number of carbonyl (C=O) groups is 2. The number of nitrogens with zero attached hydrogens (tertiary/aromatic N) is 2. The van der Waals surface area contributed by atoms with Gasteiger partial charge in [0.1, 0.15) is 23.5 Å². The smallest absolute Gasteiger partial charge is 0.302 e. The van der Waals surface area contributed by atoms with Crippen molar-refractivity contribution in [3.05, 3.63) is 113 Å². The number of esters is 1. The van der Waals surface area contributed by atoms with Gasteiger partial charge in [-0.2, -0.15) is 0 Å². The molecule has 3 aliphatic rings. The zero-order valence-corrected chi connectivity index (χ0v) is 30.5. The highest BCUT2D eigenvalue weighted by Crippen LogP contribution is 2.46. The van der Waals surface area contributed by atoms with Crippen molar-refractivity contribution < 1.29 is 29.3 Å². The van der Waals surface area contributed by atoms with E-state index >= 15 is 0 Å². The lowest BCUT2D eigenvalue weighted by atomic mass is 9.66. The number of aliphatic imine (C=N–C) groups is 1. The number of aromatic nitrogens is 1. The topological polar surface area (TPSA) is 130 Å². The summed E-state index contributed by atoms with van der Waals surface area (Å²) in [5.74, 6) is 6.73. The molecule has 274 valence electrons. The maximum absolute atomic E-state index is 13.8. The number of fused-ring (bicyclic) bond motifs is 2. The summed E-state index contributed by atoms with van der Waals surface area (Å²) in [6, 6.07) is 16.5. The molecule has 1 spiro atoms. The van der Waals surface area contributed by atoms with Crippen LogP contribution in [0.4, 0.5) is 5.82 Å². The summed E-state index contributed by atoms with van der Waals surface area (Å²) in [6.07, 6.45) is 14.6. The van der Waals surface area contributed by atoms with Crippen LogP contribution in [0.25, 0.3) is 0 Å². The number of phenols is 2. The van der Waals surface area contributed by atoms with Crippen LogP contribution in [0.2, 0.25) is 0 Å². The molecule has 3 aromatic rings. The number of hydrogen-bond donors (Lipinski definition) is 3. The Bertz CT molecular complexity index is 2020. The number of phenolic OH excluding ortho intramolecular Hbond substituents is 2. The number of aromatic hydroxyl groups is 2. The van der Waals surface area contributed by atoms with Crippen molar-refractivity contribution >= 4 is 23.8 Å². The molecule has 1 aliphatic carbocycles. The van der Waals surface area contributed by atoms with Crippen molar-refractivity contribution in [1.82, 2.24) is 4.98 Å². The Labute approximate surface area is 311 Å². The van der Waals surface area contributed by atoms with Crippen molar-refractivity contribution in [2.24, 2.45) is 16.3 Å². The Kier molecular flexibility index (Phi) is 11.8. The molecule has 0 saturated carbocycles. The summed E-state index contributed by atoms with van der Waals surface area (Å²) in [7, 11) is 1.48. The van der Waals surface area contributed by atoms with Crippen molar-refractivity contribution in [3.8, 4) is 29.1 Å². The molecule has 0 fully saturated rings. The summed E-state index contributed by atoms with van der Waals surface area (Å²) in [5.41, 5.74) is 4.90. The molecule has 0 radical (unpaired) electrons. The van der Waals surface area contributed by atoms with E-state index in [0.29, 0.717) is 37.4 Å². The van der Waals surface area contributed by atoms with Gasteiger partial charge in [-0.3, -0.25) is 14.6 Å². The number of benzene rings is 2. The monoisotopic (exact) mass is 713 g/mol. The van der Waals surface area contributed by atoms with E-state index < -0.39 is 18.0 Å². The minimum absolute atomic E-state index is 0.00414. The summed E-state index contributed by atoms with van der Waals surface area (Å²) in [4.78, 5) is 35.5. The number of Topliss-reactive ketones (excluding diaryl/α,β-unsaturated/α-hetero) is 1. The lowest BCUT2D eigenvalue weighted by molar-refractivity contribution is -0.148. The molecule has 0 amide bonds. The average molecular weight is 714 g/mol. The van der Waals surface area contributed by atoms with Crippen LogP contribution in [0.3, 0.4) is 0 Å². The number of pyridine rings is 1. The number of ether oxygens (including phenoxy) is 2. The Hall–Kier alpha value is -5.62. The highest BCUT2D eigenvalue weighted by Gasteiger charge is 2.37. The van der Waals surface area contributed by atoms with Gasteiger partial charge < -0.3 is 25.0 Å². The SMILES string of the molecule is COc1cc(C2C#CCNc3cc(ccn3)C(c3cccc(O)c3)CC3=C(C=NC3)CC3(C=CC=CC3C)CCC(OC(C)=O)CC(=O)C2)ccc1O. The largest absolute Gasteiger partial charge is 0.508 e. The van der Waals surface area contributed by atoms with Crippen LogP contribution in [0.5, 0.6) is 17.2 Å². The first-order valence-electron chi connectivity index (χ1n) is 18.2. The lowest BCUT2D eigenvalue weighted by Crippen LogP contribution is -2.31. The molecular formula is C44H47N3O6. The summed E-state index contributed by atoms with van der Waals surface area (Å²) >= 11 is 0. The second-order valence-corrected chi connectivity index (χ2v) is 14.2. The van der Waals surface area contributed by atoms with Gasteiger partial charge in [-0.25, -0.2) is 4.98 Å². The van der Waals surface area contributed by atoms with E-state index in [1.807, 2.05) is 36.5 Å². The molecule has 0 saturated heterocycles. The third-order valence-corrected chi connectivity index (χ3v) is 10.7. The second-order valence-electron chi connectivity index (χ2n) is 14.2. The highest BCUT2D eigenvalue weighted by atomic mass is 16.5. The highest BCUT2D eigenvalue weighted by molar-refractivity contribution is 5.83. The zero-order valence-electron chi connectivity index (χ0n) is 30.5. The zero-order chi connectivity index (χ0) is 37.4. The fraction of sp³-hybridized carbons (Fsp3) is 0.364. The molecule has 5 atom stereocenters. The Morgan fingerprint density at radius 1 is 1.02 bits per heavy atom. The number of ketones is 1. The molecule has 9 nitrogen and oxygen atoms in total. The number of rotatable bonds is 4. The fourth-order valence-corrected chi connectivity index (χ4v) is 7.70. The molecule has 2 aliphatic heterocycles. The molecule has 2 aromatic carbocycles. The molecule has 6 rings (SSSR count). The fourth-order valence-electron chi connectivity index (χ4n) is 7.70. The van der Waals surface area contributed by atoms with Crippen LogP contribution in [-0.4, -0.2) is 59.5 Å². The van der Waals surface area contributed by atoms with E-state index in [1.165, 1.54) is 31.2 Å². The summed E-state index contributed by atoms with van der Waals surface area (Å²) in [6.45, 7) is 4.47. The van der Waals surface area contributed by atoms with Gasteiger partial charge in [-0.15, -0.1) is 0 Å². The molecule has 1 aromatic heterocycles. The van der Waals surface area contributed by atoms with E-state index in [4.69, 9.17) is 14.5 Å². The van der Waals surface area contributed by atoms with Crippen molar-refractivity contribution in [3.63, 3.8) is 0 Å². The summed E-state index contributed by atoms with van der Waals surface area (Å²) in [5, 5.41) is 24.1. The quantitative estimate of drug-likeness (QED) is 0.184. The number of anilines is 1. The van der Waals surface area contributed by atoms with Gasteiger partial charge in [0.2, 0.25) is 0 Å². The lowest BCUT2D eigenvalue weighted by Gasteiger charge is -2.38. The third-order valence-electron chi connectivity index (χ3n) is 10.7. The van der Waals surface area contributed by atoms with Crippen LogP contribution in [-0.2, 0) is 14.3 Å². The molecule has 9 heteroatoms. The minimum atomic E-state index is -0.601. The minimum Gasteiger partial charge on any atom is -0.508 e. The van der Waals surface area contributed by atoms with Gasteiger partial charge in [0, 0.05) is 38.1 Å². The third kappa shape index (κ3) is 9.25. The van der Waals surface area contributed by atoms with E-state index in [1.54, 1.807) is 24.4 Å². The van der Waals surface area contributed by atoms with Gasteiger partial charge in [-0.1, -0.05) is 61.3 Å².